The van der Waals surface area contributed by atoms with E-state index >= 15 is 0 Å². The van der Waals surface area contributed by atoms with Crippen molar-refractivity contribution in [2.24, 2.45) is 0 Å². The molecular weight excluding hydrogens is 192 g/mol. The quantitative estimate of drug-likeness (QED) is 0.390. The maximum atomic E-state index is 3.93. The topological polar surface area (TPSA) is 0 Å². The van der Waals surface area contributed by atoms with Crippen LogP contribution in [0, 0.1) is 6.92 Å². The van der Waals surface area contributed by atoms with Crippen molar-refractivity contribution in [3.63, 3.8) is 0 Å². The van der Waals surface area contributed by atoms with Gasteiger partial charge in [0.05, 0.1) is 0 Å². The molecule has 0 radical (unpaired) electrons. The van der Waals surface area contributed by atoms with Crippen LogP contribution in [-0.2, 0) is 12.8 Å². The third-order valence-corrected chi connectivity index (χ3v) is 2.41. The third kappa shape index (κ3) is 3.08. The molecule has 2 rings (SSSR count). The number of benzene rings is 1. The van der Waals surface area contributed by atoms with Gasteiger partial charge < -0.3 is 12.4 Å². The molecule has 0 fully saturated rings. The maximum Gasteiger partial charge on any atom is 2.00 e. The van der Waals surface area contributed by atoms with E-state index in [-0.39, 0.29) is 35.5 Å². The van der Waals surface area contributed by atoms with Gasteiger partial charge in [0.1, 0.15) is 0 Å². The van der Waals surface area contributed by atoms with E-state index in [0.29, 0.717) is 0 Å². The summed E-state index contributed by atoms with van der Waals surface area (Å²) in [5.74, 6) is 0. The van der Waals surface area contributed by atoms with Crippen molar-refractivity contribution in [3.8, 4) is 0 Å². The maximum absolute atomic E-state index is 3.93. The van der Waals surface area contributed by atoms with Gasteiger partial charge in [0.2, 0.25) is 0 Å². The Morgan fingerprint density at radius 3 is 2.31 bits per heavy atom. The zero-order valence-corrected chi connectivity index (χ0v) is 10.0. The summed E-state index contributed by atoms with van der Waals surface area (Å²) in [5.41, 5.74) is 4.23. The smallest absolute Gasteiger partial charge is 1.00 e. The zero-order chi connectivity index (χ0) is 7.68. The molecule has 0 heterocycles. The summed E-state index contributed by atoms with van der Waals surface area (Å²) >= 11 is 0. The van der Waals surface area contributed by atoms with Crippen LogP contribution >= 0.6 is 0 Å². The van der Waals surface area contributed by atoms with E-state index in [1.807, 2.05) is 0 Å². The normalized spacial score (nSPS) is 13.5. The SMILES string of the molecule is [CH2-]c1ccc2c(c1)CCCC2.[Cl-].[Mg+2]. The second-order valence-electron chi connectivity index (χ2n) is 3.31. The fraction of sp³-hybridized carbons (Fsp3) is 0.364. The van der Waals surface area contributed by atoms with Crippen LogP contribution in [0.3, 0.4) is 0 Å². The minimum atomic E-state index is 0. The van der Waals surface area contributed by atoms with Gasteiger partial charge in [-0.2, -0.15) is 24.6 Å². The Hall–Kier alpha value is 0.146. The zero-order valence-electron chi connectivity index (χ0n) is 7.85. The first-order valence-electron chi connectivity index (χ1n) is 4.30. The van der Waals surface area contributed by atoms with Gasteiger partial charge in [-0.05, 0) is 25.7 Å². The van der Waals surface area contributed by atoms with Crippen LogP contribution < -0.4 is 12.4 Å². The van der Waals surface area contributed by atoms with Crippen LogP contribution in [0.2, 0.25) is 0 Å². The van der Waals surface area contributed by atoms with Gasteiger partial charge in [-0.1, -0.05) is 5.56 Å². The molecule has 0 spiro atoms. The van der Waals surface area contributed by atoms with E-state index < -0.39 is 0 Å². The van der Waals surface area contributed by atoms with Crippen LogP contribution in [0.4, 0.5) is 0 Å². The summed E-state index contributed by atoms with van der Waals surface area (Å²) in [5, 5.41) is 0. The molecule has 0 nitrogen and oxygen atoms in total. The Kier molecular flexibility index (Phi) is 5.85. The molecule has 0 saturated heterocycles. The molecule has 0 aliphatic heterocycles. The molecule has 0 saturated carbocycles. The van der Waals surface area contributed by atoms with Gasteiger partial charge in [-0.25, -0.2) is 0 Å². The fourth-order valence-electron chi connectivity index (χ4n) is 1.79. The largest absolute Gasteiger partial charge is 2.00 e. The molecule has 0 N–H and O–H groups in total. The monoisotopic (exact) mass is 204 g/mol. The van der Waals surface area contributed by atoms with Gasteiger partial charge >= 0.3 is 23.1 Å². The van der Waals surface area contributed by atoms with Crippen LogP contribution in [0.25, 0.3) is 0 Å². The van der Waals surface area contributed by atoms with E-state index in [2.05, 4.69) is 25.1 Å². The Morgan fingerprint density at radius 1 is 1.00 bits per heavy atom. The minimum absolute atomic E-state index is 0. The third-order valence-electron chi connectivity index (χ3n) is 2.41. The van der Waals surface area contributed by atoms with Gasteiger partial charge in [0.25, 0.3) is 0 Å². The van der Waals surface area contributed by atoms with Crippen molar-refractivity contribution in [1.82, 2.24) is 0 Å². The molecule has 1 aromatic rings. The summed E-state index contributed by atoms with van der Waals surface area (Å²) < 4.78 is 0. The second kappa shape index (κ2) is 5.79. The summed E-state index contributed by atoms with van der Waals surface area (Å²) in [4.78, 5) is 0. The summed E-state index contributed by atoms with van der Waals surface area (Å²) in [7, 11) is 0. The van der Waals surface area contributed by atoms with Crippen LogP contribution in [0.5, 0.6) is 0 Å². The number of hydrogen-bond acceptors (Lipinski definition) is 0. The van der Waals surface area contributed by atoms with Gasteiger partial charge in [-0.3, -0.25) is 0 Å². The Balaban J connectivity index is 0.000000720. The van der Waals surface area contributed by atoms with Crippen LogP contribution in [-0.4, -0.2) is 23.1 Å². The minimum Gasteiger partial charge on any atom is -1.00 e. The molecule has 1 aliphatic carbocycles. The Labute approximate surface area is 103 Å². The number of halogens is 1. The Morgan fingerprint density at radius 2 is 1.62 bits per heavy atom. The molecule has 0 atom stereocenters. The molecule has 13 heavy (non-hydrogen) atoms. The number of fused-ring (bicyclic) bond motifs is 1. The van der Waals surface area contributed by atoms with E-state index in [1.54, 1.807) is 5.56 Å². The summed E-state index contributed by atoms with van der Waals surface area (Å²) in [6.45, 7) is 3.93. The molecule has 2 heteroatoms. The average molecular weight is 205 g/mol. The molecule has 0 aromatic heterocycles. The molecule has 0 bridgehead atoms. The summed E-state index contributed by atoms with van der Waals surface area (Å²) in [6, 6.07) is 6.58. The first kappa shape index (κ1) is 13.1. The number of rotatable bonds is 0. The number of hydrogen-bond donors (Lipinski definition) is 0. The van der Waals surface area contributed by atoms with Gasteiger partial charge in [0.15, 0.2) is 0 Å². The van der Waals surface area contributed by atoms with Crippen molar-refractivity contribution in [3.05, 3.63) is 41.8 Å². The van der Waals surface area contributed by atoms with E-state index in [1.165, 1.54) is 31.2 Å². The van der Waals surface area contributed by atoms with Crippen molar-refractivity contribution < 1.29 is 12.4 Å². The fourth-order valence-corrected chi connectivity index (χ4v) is 1.79. The standard InChI is InChI=1S/C11H13.ClH.Mg/c1-9-6-7-10-4-2-3-5-11(10)8-9;;/h6-8H,1-5H2;1H;/q-1;;+2/p-1. The predicted molar refractivity (Wildman–Crippen MR) is 53.3 cm³/mol. The van der Waals surface area contributed by atoms with Crippen molar-refractivity contribution in [2.75, 3.05) is 0 Å². The second-order valence-corrected chi connectivity index (χ2v) is 3.31. The van der Waals surface area contributed by atoms with Crippen molar-refractivity contribution in [1.29, 1.82) is 0 Å². The van der Waals surface area contributed by atoms with Gasteiger partial charge in [-0.15, -0.1) is 11.6 Å². The molecular formula is C11H13ClMg. The van der Waals surface area contributed by atoms with Crippen LogP contribution in [0.1, 0.15) is 29.5 Å². The summed E-state index contributed by atoms with van der Waals surface area (Å²) in [6.07, 6.45) is 5.26. The molecule has 1 aliphatic rings. The van der Waals surface area contributed by atoms with Crippen molar-refractivity contribution in [2.45, 2.75) is 25.7 Å². The molecule has 1 aromatic carbocycles. The molecule has 66 valence electrons. The van der Waals surface area contributed by atoms with E-state index in [4.69, 9.17) is 0 Å². The Bertz CT molecular complexity index is 271. The molecule has 0 amide bonds. The number of aryl methyl sites for hydroxylation is 2. The molecule has 0 unspecified atom stereocenters. The van der Waals surface area contributed by atoms with Crippen molar-refractivity contribution >= 4 is 23.1 Å². The predicted octanol–water partition coefficient (Wildman–Crippen LogP) is -0.629. The first-order valence-corrected chi connectivity index (χ1v) is 4.30. The van der Waals surface area contributed by atoms with Gasteiger partial charge in [0, 0.05) is 0 Å². The van der Waals surface area contributed by atoms with E-state index in [9.17, 15) is 0 Å². The van der Waals surface area contributed by atoms with E-state index in [0.717, 1.165) is 5.56 Å². The first-order chi connectivity index (χ1) is 5.36. The van der Waals surface area contributed by atoms with Crippen LogP contribution in [0.15, 0.2) is 18.2 Å². The average Bonchev–Trinajstić information content (AvgIpc) is 2.04.